The second-order valence-corrected chi connectivity index (χ2v) is 4.93. The van der Waals surface area contributed by atoms with Gasteiger partial charge in [0.25, 0.3) is 0 Å². The lowest BCUT2D eigenvalue weighted by Crippen LogP contribution is -2.39. The molecule has 100 valence electrons. The van der Waals surface area contributed by atoms with Crippen molar-refractivity contribution < 1.29 is 4.74 Å². The number of hydrogen-bond acceptors (Lipinski definition) is 3. The third kappa shape index (κ3) is 3.15. The lowest BCUT2D eigenvalue weighted by Gasteiger charge is -2.26. The summed E-state index contributed by atoms with van der Waals surface area (Å²) in [7, 11) is 0. The Balaban J connectivity index is 1.42. The van der Waals surface area contributed by atoms with Gasteiger partial charge in [0.2, 0.25) is 0 Å². The number of para-hydroxylation sites is 1. The van der Waals surface area contributed by atoms with Gasteiger partial charge in [-0.3, -0.25) is 0 Å². The van der Waals surface area contributed by atoms with E-state index in [1.54, 1.807) is 0 Å². The first kappa shape index (κ1) is 12.2. The van der Waals surface area contributed by atoms with E-state index in [2.05, 4.69) is 27.0 Å². The van der Waals surface area contributed by atoms with Gasteiger partial charge in [0.05, 0.1) is 6.33 Å². The summed E-state index contributed by atoms with van der Waals surface area (Å²) in [6.07, 6.45) is 7.84. The van der Waals surface area contributed by atoms with Crippen LogP contribution in [0.5, 0.6) is 5.75 Å². The van der Waals surface area contributed by atoms with Crippen LogP contribution in [0.2, 0.25) is 0 Å². The molecule has 1 aromatic carbocycles. The monoisotopic (exact) mass is 257 g/mol. The zero-order valence-corrected chi connectivity index (χ0v) is 11.0. The molecule has 4 heteroatoms. The Morgan fingerprint density at radius 2 is 2.32 bits per heavy atom. The second kappa shape index (κ2) is 5.89. The summed E-state index contributed by atoms with van der Waals surface area (Å²) in [6, 6.07) is 8.72. The maximum atomic E-state index is 5.76. The minimum atomic E-state index is 0.428. The average Bonchev–Trinajstić information content (AvgIpc) is 2.97. The van der Waals surface area contributed by atoms with Crippen LogP contribution in [0.3, 0.4) is 0 Å². The maximum absolute atomic E-state index is 5.76. The molecule has 0 saturated carbocycles. The Morgan fingerprint density at radius 3 is 3.21 bits per heavy atom. The van der Waals surface area contributed by atoms with Crippen molar-refractivity contribution in [3.63, 3.8) is 0 Å². The molecule has 1 aliphatic heterocycles. The SMILES string of the molecule is c1ccc2c(c1)CC(NCCCn1ccnc1)CO2. The van der Waals surface area contributed by atoms with E-state index in [-0.39, 0.29) is 0 Å². The molecule has 0 radical (unpaired) electrons. The molecule has 0 fully saturated rings. The normalized spacial score (nSPS) is 17.8. The van der Waals surface area contributed by atoms with E-state index in [0.717, 1.165) is 38.3 Å². The molecule has 2 heterocycles. The van der Waals surface area contributed by atoms with Crippen molar-refractivity contribution in [2.75, 3.05) is 13.2 Å². The molecule has 2 aromatic rings. The first-order chi connectivity index (χ1) is 9.42. The fraction of sp³-hybridized carbons (Fsp3) is 0.400. The molecule has 0 saturated heterocycles. The number of rotatable bonds is 5. The maximum Gasteiger partial charge on any atom is 0.122 e. The van der Waals surface area contributed by atoms with Gasteiger partial charge in [0, 0.05) is 25.0 Å². The summed E-state index contributed by atoms with van der Waals surface area (Å²) >= 11 is 0. The van der Waals surface area contributed by atoms with Crippen LogP contribution in [0.4, 0.5) is 0 Å². The van der Waals surface area contributed by atoms with E-state index in [9.17, 15) is 0 Å². The second-order valence-electron chi connectivity index (χ2n) is 4.93. The number of fused-ring (bicyclic) bond motifs is 1. The molecular formula is C15H19N3O. The first-order valence-electron chi connectivity index (χ1n) is 6.81. The van der Waals surface area contributed by atoms with Crippen molar-refractivity contribution >= 4 is 0 Å². The van der Waals surface area contributed by atoms with Crippen molar-refractivity contribution in [3.05, 3.63) is 48.5 Å². The van der Waals surface area contributed by atoms with Crippen molar-refractivity contribution in [1.29, 1.82) is 0 Å². The van der Waals surface area contributed by atoms with Crippen LogP contribution in [-0.4, -0.2) is 28.7 Å². The van der Waals surface area contributed by atoms with Crippen molar-refractivity contribution in [2.45, 2.75) is 25.4 Å². The van der Waals surface area contributed by atoms with E-state index in [4.69, 9.17) is 4.74 Å². The number of nitrogens with one attached hydrogen (secondary N) is 1. The number of imidazole rings is 1. The molecule has 3 rings (SSSR count). The van der Waals surface area contributed by atoms with Gasteiger partial charge in [0.15, 0.2) is 0 Å². The summed E-state index contributed by atoms with van der Waals surface area (Å²) in [5, 5.41) is 3.57. The fourth-order valence-electron chi connectivity index (χ4n) is 2.45. The summed E-state index contributed by atoms with van der Waals surface area (Å²) in [5.41, 5.74) is 1.31. The molecule has 1 aromatic heterocycles. The van der Waals surface area contributed by atoms with E-state index < -0.39 is 0 Å². The molecule has 4 nitrogen and oxygen atoms in total. The number of benzene rings is 1. The van der Waals surface area contributed by atoms with Crippen LogP contribution in [0, 0.1) is 0 Å². The Morgan fingerprint density at radius 1 is 1.37 bits per heavy atom. The Bertz CT molecular complexity index is 510. The van der Waals surface area contributed by atoms with E-state index in [1.165, 1.54) is 5.56 Å². The highest BCUT2D eigenvalue weighted by Gasteiger charge is 2.18. The highest BCUT2D eigenvalue weighted by Crippen LogP contribution is 2.23. The third-order valence-electron chi connectivity index (χ3n) is 3.46. The predicted octanol–water partition coefficient (Wildman–Crippen LogP) is 1.87. The van der Waals surface area contributed by atoms with Gasteiger partial charge in [-0.15, -0.1) is 0 Å². The summed E-state index contributed by atoms with van der Waals surface area (Å²) in [4.78, 5) is 4.04. The van der Waals surface area contributed by atoms with Crippen molar-refractivity contribution in [3.8, 4) is 5.75 Å². The molecule has 1 N–H and O–H groups in total. The summed E-state index contributed by atoms with van der Waals surface area (Å²) in [6.45, 7) is 2.79. The lowest BCUT2D eigenvalue weighted by atomic mass is 10.0. The fourth-order valence-corrected chi connectivity index (χ4v) is 2.45. The van der Waals surface area contributed by atoms with Crippen LogP contribution >= 0.6 is 0 Å². The highest BCUT2D eigenvalue weighted by atomic mass is 16.5. The molecule has 0 bridgehead atoms. The van der Waals surface area contributed by atoms with Gasteiger partial charge in [-0.05, 0) is 31.0 Å². The number of aryl methyl sites for hydroxylation is 1. The summed E-state index contributed by atoms with van der Waals surface area (Å²) in [5.74, 6) is 1.04. The lowest BCUT2D eigenvalue weighted by molar-refractivity contribution is 0.238. The molecule has 19 heavy (non-hydrogen) atoms. The summed E-state index contributed by atoms with van der Waals surface area (Å²) < 4.78 is 7.87. The largest absolute Gasteiger partial charge is 0.492 e. The molecule has 1 unspecified atom stereocenters. The molecule has 0 spiro atoms. The number of aromatic nitrogens is 2. The van der Waals surface area contributed by atoms with Crippen LogP contribution in [0.15, 0.2) is 43.0 Å². The van der Waals surface area contributed by atoms with Crippen LogP contribution in [-0.2, 0) is 13.0 Å². The van der Waals surface area contributed by atoms with Gasteiger partial charge in [-0.25, -0.2) is 4.98 Å². The molecule has 1 atom stereocenters. The van der Waals surface area contributed by atoms with E-state index in [0.29, 0.717) is 6.04 Å². The van der Waals surface area contributed by atoms with Gasteiger partial charge in [0.1, 0.15) is 12.4 Å². The zero-order chi connectivity index (χ0) is 12.9. The van der Waals surface area contributed by atoms with Gasteiger partial charge >= 0.3 is 0 Å². The standard InChI is InChI=1S/C15H19N3O/c1-2-5-15-13(4-1)10-14(11-19-15)17-6-3-8-18-9-7-16-12-18/h1-2,4-5,7,9,12,14,17H,3,6,8,10-11H2. The minimum Gasteiger partial charge on any atom is -0.492 e. The average molecular weight is 257 g/mol. The van der Waals surface area contributed by atoms with Gasteiger partial charge in [-0.1, -0.05) is 18.2 Å². The van der Waals surface area contributed by atoms with E-state index >= 15 is 0 Å². The zero-order valence-electron chi connectivity index (χ0n) is 11.0. The topological polar surface area (TPSA) is 39.1 Å². The van der Waals surface area contributed by atoms with E-state index in [1.807, 2.05) is 30.9 Å². The number of ether oxygens (including phenoxy) is 1. The van der Waals surface area contributed by atoms with Gasteiger partial charge < -0.3 is 14.6 Å². The first-order valence-corrected chi connectivity index (χ1v) is 6.81. The van der Waals surface area contributed by atoms with Crippen molar-refractivity contribution in [2.24, 2.45) is 0 Å². The number of nitrogens with zero attached hydrogens (tertiary/aromatic N) is 2. The quantitative estimate of drug-likeness (QED) is 0.831. The molecule has 0 amide bonds. The van der Waals surface area contributed by atoms with Crippen LogP contribution < -0.4 is 10.1 Å². The third-order valence-corrected chi connectivity index (χ3v) is 3.46. The van der Waals surface area contributed by atoms with Gasteiger partial charge in [-0.2, -0.15) is 0 Å². The van der Waals surface area contributed by atoms with Crippen LogP contribution in [0.1, 0.15) is 12.0 Å². The Labute approximate surface area is 113 Å². The minimum absolute atomic E-state index is 0.428. The number of hydrogen-bond donors (Lipinski definition) is 1. The molecule has 0 aliphatic carbocycles. The van der Waals surface area contributed by atoms with Crippen LogP contribution in [0.25, 0.3) is 0 Å². The van der Waals surface area contributed by atoms with Crippen molar-refractivity contribution in [1.82, 2.24) is 14.9 Å². The smallest absolute Gasteiger partial charge is 0.122 e. The molecule has 1 aliphatic rings. The molecular weight excluding hydrogens is 238 g/mol. The Hall–Kier alpha value is -1.81. The Kier molecular flexibility index (Phi) is 3.79. The highest BCUT2D eigenvalue weighted by molar-refractivity contribution is 5.35. The predicted molar refractivity (Wildman–Crippen MR) is 74.3 cm³/mol.